The maximum absolute atomic E-state index is 15.4. The van der Waals surface area contributed by atoms with E-state index in [0.717, 1.165) is 32.8 Å². The molecular formula is C54H75N9O12. The number of aliphatic hydroxyl groups is 1. The van der Waals surface area contributed by atoms with Crippen LogP contribution in [0.5, 0.6) is 5.75 Å². The number of carbonyl (C=O) groups excluding carboxylic acids is 7. The molecule has 21 nitrogen and oxygen atoms in total. The fourth-order valence-corrected chi connectivity index (χ4v) is 10.2. The largest absolute Gasteiger partial charge is 0.502 e. The molecule has 75 heavy (non-hydrogen) atoms. The number of carbonyl (C=O) groups is 7. The van der Waals surface area contributed by atoms with Gasteiger partial charge in [-0.05, 0) is 88.5 Å². The van der Waals surface area contributed by atoms with E-state index >= 15 is 4.79 Å². The van der Waals surface area contributed by atoms with E-state index in [4.69, 9.17) is 4.74 Å². The molecule has 408 valence electrons. The van der Waals surface area contributed by atoms with Crippen molar-refractivity contribution in [3.63, 3.8) is 0 Å². The molecule has 4 heterocycles. The third kappa shape index (κ3) is 13.0. The number of piperidine rings is 1. The van der Waals surface area contributed by atoms with Gasteiger partial charge in [-0.1, -0.05) is 71.0 Å². The van der Waals surface area contributed by atoms with Gasteiger partial charge < -0.3 is 55.5 Å². The zero-order chi connectivity index (χ0) is 55.4. The van der Waals surface area contributed by atoms with Gasteiger partial charge in [-0.2, -0.15) is 0 Å². The number of phenols is 1. The second kappa shape index (κ2) is 23.8. The number of benzene rings is 2. The number of para-hydroxylation sites is 1. The molecule has 0 saturated carbocycles. The number of phenolic OH excluding ortho intramolecular Hbond substituents is 1. The lowest BCUT2D eigenvalue weighted by atomic mass is 9.89. The summed E-state index contributed by atoms with van der Waals surface area (Å²) in [5.41, 5.74) is 0.535. The van der Waals surface area contributed by atoms with Crippen LogP contribution < -0.4 is 21.3 Å². The highest BCUT2D eigenvalue weighted by Gasteiger charge is 2.48. The van der Waals surface area contributed by atoms with Crippen LogP contribution in [-0.2, 0) is 56.7 Å². The van der Waals surface area contributed by atoms with Crippen molar-refractivity contribution in [2.75, 3.05) is 20.7 Å². The van der Waals surface area contributed by atoms with Crippen LogP contribution in [0.3, 0.4) is 0 Å². The summed E-state index contributed by atoms with van der Waals surface area (Å²) >= 11 is 0. The minimum absolute atomic E-state index is 0.00916. The molecule has 0 spiro atoms. The minimum Gasteiger partial charge on any atom is -0.502 e. The van der Waals surface area contributed by atoms with Crippen molar-refractivity contribution in [2.45, 2.75) is 161 Å². The monoisotopic (exact) mass is 1040 g/mol. The Bertz CT molecular complexity index is 2680. The molecule has 3 aliphatic rings. The number of hydrogen-bond donors (Lipinski definition) is 6. The van der Waals surface area contributed by atoms with Crippen molar-refractivity contribution < 1.29 is 53.4 Å². The normalized spacial score (nSPS) is 27.1. The van der Waals surface area contributed by atoms with Crippen molar-refractivity contribution >= 4 is 57.9 Å². The van der Waals surface area contributed by atoms with Gasteiger partial charge in [0.1, 0.15) is 54.6 Å². The van der Waals surface area contributed by atoms with Gasteiger partial charge >= 0.3 is 5.69 Å². The molecular weight excluding hydrogens is 967 g/mol. The number of hydrogen-bond acceptors (Lipinski definition) is 12. The molecule has 0 aliphatic carbocycles. The Kier molecular flexibility index (Phi) is 18.2. The quantitative estimate of drug-likeness (QED) is 0.0622. The molecule has 3 aromatic rings. The first-order chi connectivity index (χ1) is 35.3. The van der Waals surface area contributed by atoms with Gasteiger partial charge in [0.15, 0.2) is 5.75 Å². The van der Waals surface area contributed by atoms with E-state index in [9.17, 15) is 49.1 Å². The van der Waals surface area contributed by atoms with Crippen molar-refractivity contribution in [1.29, 1.82) is 0 Å². The number of nitro groups is 1. The van der Waals surface area contributed by atoms with Gasteiger partial charge in [-0.15, -0.1) is 0 Å². The predicted octanol–water partition coefficient (Wildman–Crippen LogP) is 3.41. The van der Waals surface area contributed by atoms with Gasteiger partial charge in [0.05, 0.1) is 17.1 Å². The molecule has 3 fully saturated rings. The number of fused-ring (bicyclic) bond motifs is 3. The number of aromatic nitrogens is 1. The lowest BCUT2D eigenvalue weighted by Gasteiger charge is -2.46. The molecule has 6 rings (SSSR count). The summed E-state index contributed by atoms with van der Waals surface area (Å²) in [5.74, 6) is -7.06. The van der Waals surface area contributed by atoms with E-state index in [1.165, 1.54) is 32.0 Å². The van der Waals surface area contributed by atoms with Crippen LogP contribution in [0.2, 0.25) is 0 Å². The molecule has 10 atom stereocenters. The summed E-state index contributed by atoms with van der Waals surface area (Å²) in [6.45, 7) is 16.8. The zero-order valence-corrected chi connectivity index (χ0v) is 44.9. The standard InChI is InChI=1S/C54H75N9O12/c1-12-13-17-36-46(65)58-38(26-34-27-61(54(8,9)45-28-75-45)39-18-15-14-16-35(34)39)52(71)59(10)41(21-29(2)3)48(67)57-37(24-33-19-20-44(64)40(25-33)63(73)74)47(66)55-32(7)51(70)60(11)43-23-31(6)50(69)62(53(43)72)42(22-30(4)5)49(68)56-36/h12-16,18-20,25,27,29-32,36-38,41-43,45,50,64,69H,17,21-24,26,28H2,1-11H3,(H,55,66)(H,56,68)(H,57,67)(H,58,65)/b13-12+/t31-,32-,36-,37-,38-,41-,42-,43-,45+,50-/m0/s1. The average Bonchev–Trinajstić information content (AvgIpc) is 4.16. The molecule has 2 aromatic carbocycles. The van der Waals surface area contributed by atoms with Crippen LogP contribution in [0.1, 0.15) is 99.1 Å². The minimum atomic E-state index is -1.53. The van der Waals surface area contributed by atoms with Crippen LogP contribution in [0.15, 0.2) is 60.8 Å². The van der Waals surface area contributed by atoms with E-state index < -0.39 is 118 Å². The van der Waals surface area contributed by atoms with Gasteiger partial charge in [0.2, 0.25) is 41.4 Å². The van der Waals surface area contributed by atoms with E-state index in [1.807, 2.05) is 72.0 Å². The number of allylic oxidation sites excluding steroid dienone is 1. The Labute approximate surface area is 437 Å². The van der Waals surface area contributed by atoms with Gasteiger partial charge in [-0.3, -0.25) is 43.7 Å². The Morgan fingerprint density at radius 1 is 0.800 bits per heavy atom. The first-order valence-corrected chi connectivity index (χ1v) is 25.8. The SMILES string of the molecule is C/C=C/C[C@@H]1NC(=O)[C@H](CC(C)C)N2C(=O)[C@H](C[C@H](C)[C@@H]2O)N(C)C(=O)[C@H](C)NC(=O)[C@H](Cc2ccc(O)c([N+](=O)[O-])c2)NC(=O)[C@H](CC(C)C)N(C)C(=O)[C@H](Cc2cn(C(C)(C)[C@H]3CO3)c3ccccc23)NC1=O. The highest BCUT2D eigenvalue weighted by atomic mass is 16.6. The zero-order valence-electron chi connectivity index (χ0n) is 44.9. The van der Waals surface area contributed by atoms with Crippen LogP contribution in [0, 0.1) is 27.9 Å². The Hall–Kier alpha value is -6.87. The van der Waals surface area contributed by atoms with Crippen molar-refractivity contribution in [1.82, 2.24) is 40.5 Å². The van der Waals surface area contributed by atoms with Crippen molar-refractivity contribution in [3.05, 3.63) is 82.1 Å². The van der Waals surface area contributed by atoms with Crippen LogP contribution in [0.4, 0.5) is 5.69 Å². The number of nitrogens with zero attached hydrogens (tertiary/aromatic N) is 5. The molecule has 3 aliphatic heterocycles. The second-order valence-electron chi connectivity index (χ2n) is 21.8. The van der Waals surface area contributed by atoms with Gasteiger partial charge in [-0.25, -0.2) is 0 Å². The fraction of sp³-hybridized carbons (Fsp3) is 0.574. The molecule has 7 amide bonds. The molecule has 0 radical (unpaired) electrons. The van der Waals surface area contributed by atoms with Crippen LogP contribution in [0.25, 0.3) is 10.9 Å². The van der Waals surface area contributed by atoms with Crippen LogP contribution >= 0.6 is 0 Å². The molecule has 2 bridgehead atoms. The number of epoxide rings is 1. The maximum atomic E-state index is 15.4. The summed E-state index contributed by atoms with van der Waals surface area (Å²) in [5, 5.41) is 45.9. The van der Waals surface area contributed by atoms with Crippen LogP contribution in [-0.4, -0.2) is 151 Å². The molecule has 3 saturated heterocycles. The number of aliphatic hydroxyl groups excluding tert-OH is 1. The highest BCUT2D eigenvalue weighted by molar-refractivity contribution is 5.99. The lowest BCUT2D eigenvalue weighted by Crippen LogP contribution is -2.66. The molecule has 1 aromatic heterocycles. The molecule has 21 heteroatoms. The summed E-state index contributed by atoms with van der Waals surface area (Å²) in [4.78, 5) is 118. The second-order valence-corrected chi connectivity index (χ2v) is 21.8. The number of rotatable bonds is 13. The summed E-state index contributed by atoms with van der Waals surface area (Å²) in [7, 11) is 2.79. The summed E-state index contributed by atoms with van der Waals surface area (Å²) < 4.78 is 7.84. The number of likely N-dealkylation sites (N-methyl/N-ethyl adjacent to an activating group) is 2. The highest BCUT2D eigenvalue weighted by Crippen LogP contribution is 2.37. The third-order valence-electron chi connectivity index (χ3n) is 14.7. The summed E-state index contributed by atoms with van der Waals surface area (Å²) in [6, 6.07) is 1.75. The number of ether oxygens (including phenoxy) is 1. The Morgan fingerprint density at radius 3 is 2.03 bits per heavy atom. The number of nitrogens with one attached hydrogen (secondary N) is 4. The lowest BCUT2D eigenvalue weighted by molar-refractivity contribution is -0.385. The maximum Gasteiger partial charge on any atom is 0.310 e. The summed E-state index contributed by atoms with van der Waals surface area (Å²) in [6.07, 6.45) is 3.36. The number of amides is 7. The van der Waals surface area contributed by atoms with Gasteiger partial charge in [0, 0.05) is 56.0 Å². The van der Waals surface area contributed by atoms with E-state index in [-0.39, 0.29) is 62.0 Å². The third-order valence-corrected chi connectivity index (χ3v) is 14.7. The van der Waals surface area contributed by atoms with Gasteiger partial charge in [0.25, 0.3) is 0 Å². The fourth-order valence-electron chi connectivity index (χ4n) is 10.2. The molecule has 0 unspecified atom stereocenters. The number of nitro benzene ring substituents is 1. The topological polar surface area (TPSA) is 278 Å². The average molecular weight is 1040 g/mol. The van der Waals surface area contributed by atoms with Crippen molar-refractivity contribution in [2.24, 2.45) is 17.8 Å². The first-order valence-electron chi connectivity index (χ1n) is 25.8. The van der Waals surface area contributed by atoms with E-state index in [1.54, 1.807) is 26.0 Å². The van der Waals surface area contributed by atoms with E-state index in [2.05, 4.69) is 25.8 Å². The predicted molar refractivity (Wildman–Crippen MR) is 278 cm³/mol. The molecule has 6 N–H and O–H groups in total. The number of aromatic hydroxyl groups is 1. The first kappa shape index (κ1) is 57.4. The smallest absolute Gasteiger partial charge is 0.310 e. The Morgan fingerprint density at radius 2 is 1.40 bits per heavy atom. The Balaban J connectivity index is 1.51. The van der Waals surface area contributed by atoms with Crippen molar-refractivity contribution in [3.8, 4) is 5.75 Å². The van der Waals surface area contributed by atoms with E-state index in [0.29, 0.717) is 12.2 Å².